The highest BCUT2D eigenvalue weighted by molar-refractivity contribution is 7.90. The Labute approximate surface area is 166 Å². The van der Waals surface area contributed by atoms with Crippen LogP contribution in [0, 0.1) is 0 Å². The van der Waals surface area contributed by atoms with Gasteiger partial charge in [-0.15, -0.1) is 0 Å². The van der Waals surface area contributed by atoms with Crippen molar-refractivity contribution in [1.82, 2.24) is 19.4 Å². The largest absolute Gasteiger partial charge is 0.370 e. The van der Waals surface area contributed by atoms with Crippen molar-refractivity contribution in [2.24, 2.45) is 0 Å². The smallest absolute Gasteiger partial charge is 0.249 e. The molecule has 3 rings (SSSR count). The first-order chi connectivity index (χ1) is 13.3. The van der Waals surface area contributed by atoms with E-state index in [4.69, 9.17) is 0 Å². The van der Waals surface area contributed by atoms with E-state index in [1.807, 2.05) is 19.1 Å². The number of sulfone groups is 1. The van der Waals surface area contributed by atoms with Crippen molar-refractivity contribution in [3.05, 3.63) is 36.5 Å². The highest BCUT2D eigenvalue weighted by Crippen LogP contribution is 2.26. The molecule has 28 heavy (non-hydrogen) atoms. The molecule has 0 fully saturated rings. The van der Waals surface area contributed by atoms with E-state index in [9.17, 15) is 8.42 Å². The van der Waals surface area contributed by atoms with E-state index < -0.39 is 9.84 Å². The first kappa shape index (κ1) is 20.3. The van der Waals surface area contributed by atoms with Gasteiger partial charge in [0.25, 0.3) is 0 Å². The van der Waals surface area contributed by atoms with Crippen molar-refractivity contribution in [2.45, 2.75) is 25.0 Å². The normalized spacial score (nSPS) is 12.0. The van der Waals surface area contributed by atoms with Crippen LogP contribution in [0.15, 0.2) is 41.7 Å². The minimum absolute atomic E-state index is 0.165. The highest BCUT2D eigenvalue weighted by atomic mass is 32.2. The lowest BCUT2D eigenvalue weighted by Crippen LogP contribution is -2.14. The zero-order valence-corrected chi connectivity index (χ0v) is 17.6. The van der Waals surface area contributed by atoms with E-state index in [0.29, 0.717) is 18.1 Å². The zero-order valence-electron chi connectivity index (χ0n) is 16.8. The van der Waals surface area contributed by atoms with Crippen molar-refractivity contribution < 1.29 is 8.42 Å². The number of hydrogen-bond acceptors (Lipinski definition) is 6. The molecule has 1 N–H and O–H groups in total. The van der Waals surface area contributed by atoms with Gasteiger partial charge in [-0.05, 0) is 52.2 Å². The van der Waals surface area contributed by atoms with Crippen LogP contribution in [0.2, 0.25) is 0 Å². The van der Waals surface area contributed by atoms with Crippen LogP contribution in [0.25, 0.3) is 22.2 Å². The molecule has 0 aliphatic rings. The minimum atomic E-state index is -3.50. The fraction of sp³-hybridized carbons (Fsp3) is 0.400. The molecule has 0 spiro atoms. The molecule has 2 heterocycles. The van der Waals surface area contributed by atoms with Gasteiger partial charge in [-0.3, -0.25) is 0 Å². The number of aromatic nitrogens is 3. The number of aryl methyl sites for hydroxylation is 1. The molecule has 8 heteroatoms. The van der Waals surface area contributed by atoms with E-state index in [0.717, 1.165) is 42.2 Å². The van der Waals surface area contributed by atoms with E-state index in [1.54, 1.807) is 6.07 Å². The fourth-order valence-electron chi connectivity index (χ4n) is 3.12. The minimum Gasteiger partial charge on any atom is -0.370 e. The summed E-state index contributed by atoms with van der Waals surface area (Å²) < 4.78 is 26.2. The van der Waals surface area contributed by atoms with E-state index in [2.05, 4.69) is 57.2 Å². The summed E-state index contributed by atoms with van der Waals surface area (Å²) in [4.78, 5) is 10.6. The number of nitrogens with one attached hydrogen (secondary N) is 1. The third kappa shape index (κ3) is 4.69. The molecule has 0 aliphatic heterocycles. The van der Waals surface area contributed by atoms with Gasteiger partial charge in [0, 0.05) is 48.1 Å². The average molecular weight is 402 g/mol. The van der Waals surface area contributed by atoms with Crippen LogP contribution < -0.4 is 5.32 Å². The maximum absolute atomic E-state index is 12.0. The molecule has 0 amide bonds. The van der Waals surface area contributed by atoms with Crippen LogP contribution in [0.4, 0.5) is 5.82 Å². The second-order valence-corrected chi connectivity index (χ2v) is 9.07. The van der Waals surface area contributed by atoms with Gasteiger partial charge in [0.1, 0.15) is 5.82 Å². The Morgan fingerprint density at radius 3 is 2.61 bits per heavy atom. The number of fused-ring (bicyclic) bond motifs is 1. The van der Waals surface area contributed by atoms with Crippen LogP contribution in [0.1, 0.15) is 13.3 Å². The lowest BCUT2D eigenvalue weighted by atomic mass is 10.1. The van der Waals surface area contributed by atoms with Crippen molar-refractivity contribution in [2.75, 3.05) is 38.8 Å². The Hall–Kier alpha value is -2.45. The molecule has 0 unspecified atom stereocenters. The maximum atomic E-state index is 12.0. The Morgan fingerprint density at radius 1 is 1.14 bits per heavy atom. The third-order valence-electron chi connectivity index (χ3n) is 4.47. The predicted octanol–water partition coefficient (Wildman–Crippen LogP) is 2.89. The molecular formula is C20H27N5O2S. The summed E-state index contributed by atoms with van der Waals surface area (Å²) in [6.45, 7) is 4.58. The first-order valence-electron chi connectivity index (χ1n) is 9.35. The van der Waals surface area contributed by atoms with Gasteiger partial charge in [0.05, 0.1) is 5.69 Å². The van der Waals surface area contributed by atoms with Gasteiger partial charge < -0.3 is 14.8 Å². The molecule has 0 aliphatic carbocycles. The van der Waals surface area contributed by atoms with E-state index in [-0.39, 0.29) is 5.16 Å². The predicted molar refractivity (Wildman–Crippen MR) is 113 cm³/mol. The lowest BCUT2D eigenvalue weighted by molar-refractivity contribution is 0.388. The second-order valence-electron chi connectivity index (χ2n) is 7.16. The second kappa shape index (κ2) is 8.28. The summed E-state index contributed by atoms with van der Waals surface area (Å²) in [5.41, 5.74) is 2.62. The third-order valence-corrected chi connectivity index (χ3v) is 5.31. The number of hydrogen-bond donors (Lipinski definition) is 1. The summed E-state index contributed by atoms with van der Waals surface area (Å²) >= 11 is 0. The standard InChI is InChI=1S/C20H27N5O2S/c1-5-21-19-14-17(22-20(23-19)28(4,26)27)15-7-8-18-16(13-15)9-12-25(18)11-6-10-24(2)3/h7-9,12-14H,5-6,10-11H2,1-4H3,(H,21,22,23). The molecule has 0 atom stereocenters. The summed E-state index contributed by atoms with van der Waals surface area (Å²) in [5, 5.41) is 4.02. The summed E-state index contributed by atoms with van der Waals surface area (Å²) in [6.07, 6.45) is 4.29. The molecule has 1 aromatic carbocycles. The highest BCUT2D eigenvalue weighted by Gasteiger charge is 2.15. The number of rotatable bonds is 8. The van der Waals surface area contributed by atoms with Crippen LogP contribution in [-0.4, -0.2) is 61.3 Å². The molecule has 0 radical (unpaired) electrons. The molecule has 0 saturated heterocycles. The Balaban J connectivity index is 1.96. The number of anilines is 1. The van der Waals surface area contributed by atoms with Gasteiger partial charge in [-0.1, -0.05) is 6.07 Å². The molecule has 0 bridgehead atoms. The maximum Gasteiger partial charge on any atom is 0.249 e. The van der Waals surface area contributed by atoms with E-state index in [1.165, 1.54) is 0 Å². The molecule has 0 saturated carbocycles. The Kier molecular flexibility index (Phi) is 6.00. The van der Waals surface area contributed by atoms with Crippen LogP contribution in [-0.2, 0) is 16.4 Å². The molecule has 7 nitrogen and oxygen atoms in total. The fourth-order valence-corrected chi connectivity index (χ4v) is 3.65. The molecule has 2 aromatic heterocycles. The van der Waals surface area contributed by atoms with Crippen LogP contribution >= 0.6 is 0 Å². The SMILES string of the molecule is CCNc1cc(-c2ccc3c(ccn3CCCN(C)C)c2)nc(S(C)(=O)=O)n1. The van der Waals surface area contributed by atoms with Crippen LogP contribution in [0.5, 0.6) is 0 Å². The summed E-state index contributed by atoms with van der Waals surface area (Å²) in [7, 11) is 0.655. The van der Waals surface area contributed by atoms with Gasteiger partial charge in [-0.25, -0.2) is 18.4 Å². The quantitative estimate of drug-likeness (QED) is 0.585. The monoisotopic (exact) mass is 401 g/mol. The van der Waals surface area contributed by atoms with Gasteiger partial charge >= 0.3 is 0 Å². The van der Waals surface area contributed by atoms with Gasteiger partial charge in [0.2, 0.25) is 15.0 Å². The average Bonchev–Trinajstić information content (AvgIpc) is 3.03. The topological polar surface area (TPSA) is 80.1 Å². The first-order valence-corrected chi connectivity index (χ1v) is 11.2. The van der Waals surface area contributed by atoms with Crippen molar-refractivity contribution in [3.8, 4) is 11.3 Å². The van der Waals surface area contributed by atoms with Gasteiger partial charge in [-0.2, -0.15) is 0 Å². The Morgan fingerprint density at radius 2 is 1.93 bits per heavy atom. The molecular weight excluding hydrogens is 374 g/mol. The molecule has 150 valence electrons. The summed E-state index contributed by atoms with van der Waals surface area (Å²) in [5.74, 6) is 0.509. The Bertz CT molecular complexity index is 1070. The van der Waals surface area contributed by atoms with Crippen molar-refractivity contribution in [1.29, 1.82) is 0 Å². The van der Waals surface area contributed by atoms with Crippen molar-refractivity contribution in [3.63, 3.8) is 0 Å². The zero-order chi connectivity index (χ0) is 20.3. The van der Waals surface area contributed by atoms with Crippen LogP contribution in [0.3, 0.4) is 0 Å². The number of nitrogens with zero attached hydrogens (tertiary/aromatic N) is 4. The lowest BCUT2D eigenvalue weighted by Gasteiger charge is -2.11. The number of benzene rings is 1. The summed E-state index contributed by atoms with van der Waals surface area (Å²) in [6, 6.07) is 9.96. The van der Waals surface area contributed by atoms with Crippen molar-refractivity contribution >= 4 is 26.6 Å². The van der Waals surface area contributed by atoms with Gasteiger partial charge in [0.15, 0.2) is 0 Å². The molecule has 3 aromatic rings. The van der Waals surface area contributed by atoms with E-state index >= 15 is 0 Å².